The van der Waals surface area contributed by atoms with Crippen LogP contribution in [0.15, 0.2) is 33.6 Å². The Morgan fingerprint density at radius 1 is 1.03 bits per heavy atom. The third-order valence-electron chi connectivity index (χ3n) is 5.78. The predicted octanol–water partition coefficient (Wildman–Crippen LogP) is 2.33. The number of ether oxygens (including phenoxy) is 1. The van der Waals surface area contributed by atoms with E-state index >= 15 is 0 Å². The van der Waals surface area contributed by atoms with Gasteiger partial charge >= 0.3 is 0 Å². The number of nitrogens with zero attached hydrogens (tertiary/aromatic N) is 3. The first-order chi connectivity index (χ1) is 14.4. The van der Waals surface area contributed by atoms with Gasteiger partial charge in [-0.15, -0.1) is 0 Å². The molecule has 2 aromatic rings. The van der Waals surface area contributed by atoms with E-state index < -0.39 is 10.0 Å². The largest absolute Gasteiger partial charge is 0.445 e. The van der Waals surface area contributed by atoms with Crippen LogP contribution in [0.3, 0.4) is 0 Å². The van der Waals surface area contributed by atoms with Crippen molar-refractivity contribution >= 4 is 15.9 Å². The molecular formula is C21H27N3O5S. The summed E-state index contributed by atoms with van der Waals surface area (Å²) in [6, 6.07) is 6.92. The van der Waals surface area contributed by atoms with Gasteiger partial charge in [0, 0.05) is 32.1 Å². The molecule has 2 aliphatic heterocycles. The Morgan fingerprint density at radius 2 is 1.67 bits per heavy atom. The van der Waals surface area contributed by atoms with Gasteiger partial charge in [-0.25, -0.2) is 13.4 Å². The van der Waals surface area contributed by atoms with Crippen LogP contribution in [0.5, 0.6) is 0 Å². The summed E-state index contributed by atoms with van der Waals surface area (Å²) in [5.74, 6) is 0.900. The molecule has 2 saturated heterocycles. The number of aromatic nitrogens is 1. The van der Waals surface area contributed by atoms with Crippen molar-refractivity contribution in [2.24, 2.45) is 0 Å². The summed E-state index contributed by atoms with van der Waals surface area (Å²) in [5, 5.41) is 0. The molecule has 1 aromatic heterocycles. The SMILES string of the molecule is Cc1ccc(S(=O)(=O)N2CCC(c3nc(C(=O)N4CCOCC4)c(C)o3)CC2)cc1. The highest BCUT2D eigenvalue weighted by atomic mass is 32.2. The van der Waals surface area contributed by atoms with Crippen molar-refractivity contribution in [1.29, 1.82) is 0 Å². The van der Waals surface area contributed by atoms with Crippen molar-refractivity contribution in [2.45, 2.75) is 37.5 Å². The quantitative estimate of drug-likeness (QED) is 0.735. The lowest BCUT2D eigenvalue weighted by Gasteiger charge is -2.29. The fourth-order valence-electron chi connectivity index (χ4n) is 3.91. The van der Waals surface area contributed by atoms with Crippen molar-refractivity contribution in [3.8, 4) is 0 Å². The number of aryl methyl sites for hydroxylation is 2. The second-order valence-electron chi connectivity index (χ2n) is 7.85. The number of piperidine rings is 1. The molecule has 0 spiro atoms. The molecule has 2 fully saturated rings. The van der Waals surface area contributed by atoms with Crippen LogP contribution in [0, 0.1) is 13.8 Å². The van der Waals surface area contributed by atoms with Crippen LogP contribution in [-0.4, -0.2) is 67.9 Å². The lowest BCUT2D eigenvalue weighted by atomic mass is 9.98. The molecule has 0 atom stereocenters. The zero-order valence-electron chi connectivity index (χ0n) is 17.3. The Hall–Kier alpha value is -2.23. The molecule has 8 nitrogen and oxygen atoms in total. The average Bonchev–Trinajstić information content (AvgIpc) is 3.16. The van der Waals surface area contributed by atoms with E-state index in [-0.39, 0.29) is 11.8 Å². The number of carbonyl (C=O) groups excluding carboxylic acids is 1. The molecule has 2 aliphatic rings. The fourth-order valence-corrected chi connectivity index (χ4v) is 5.38. The minimum absolute atomic E-state index is 0.000549. The van der Waals surface area contributed by atoms with Crippen molar-refractivity contribution < 1.29 is 22.4 Å². The van der Waals surface area contributed by atoms with Gasteiger partial charge in [0.2, 0.25) is 10.0 Å². The molecule has 1 amide bonds. The predicted molar refractivity (Wildman–Crippen MR) is 110 cm³/mol. The van der Waals surface area contributed by atoms with Crippen LogP contribution >= 0.6 is 0 Å². The van der Waals surface area contributed by atoms with Gasteiger partial charge in [-0.1, -0.05) is 17.7 Å². The highest BCUT2D eigenvalue weighted by Gasteiger charge is 2.33. The number of hydrogen-bond donors (Lipinski definition) is 0. The Labute approximate surface area is 176 Å². The van der Waals surface area contributed by atoms with E-state index in [1.54, 1.807) is 24.0 Å². The Morgan fingerprint density at radius 3 is 2.30 bits per heavy atom. The molecule has 0 saturated carbocycles. The number of carbonyl (C=O) groups is 1. The summed E-state index contributed by atoms with van der Waals surface area (Å²) in [6.07, 6.45) is 1.21. The van der Waals surface area contributed by atoms with E-state index in [2.05, 4.69) is 4.98 Å². The van der Waals surface area contributed by atoms with E-state index in [9.17, 15) is 13.2 Å². The maximum atomic E-state index is 12.9. The molecule has 9 heteroatoms. The second-order valence-corrected chi connectivity index (χ2v) is 9.79. The van der Waals surface area contributed by atoms with Crippen molar-refractivity contribution in [3.63, 3.8) is 0 Å². The lowest BCUT2D eigenvalue weighted by molar-refractivity contribution is 0.0298. The second kappa shape index (κ2) is 8.49. The zero-order valence-corrected chi connectivity index (χ0v) is 18.2. The molecule has 3 heterocycles. The molecule has 1 aromatic carbocycles. The Balaban J connectivity index is 1.43. The van der Waals surface area contributed by atoms with E-state index in [0.29, 0.717) is 74.5 Å². The first kappa shape index (κ1) is 21.0. The maximum Gasteiger partial charge on any atom is 0.276 e. The van der Waals surface area contributed by atoms with Crippen LogP contribution in [-0.2, 0) is 14.8 Å². The third kappa shape index (κ3) is 4.14. The Kier molecular flexibility index (Phi) is 5.95. The normalized spacial score (nSPS) is 19.2. The molecule has 162 valence electrons. The van der Waals surface area contributed by atoms with Crippen molar-refractivity contribution in [2.75, 3.05) is 39.4 Å². The van der Waals surface area contributed by atoms with Crippen LogP contribution in [0.4, 0.5) is 0 Å². The highest BCUT2D eigenvalue weighted by Crippen LogP contribution is 2.31. The monoisotopic (exact) mass is 433 g/mol. The molecular weight excluding hydrogens is 406 g/mol. The summed E-state index contributed by atoms with van der Waals surface area (Å²) in [7, 11) is -3.51. The Bertz CT molecular complexity index is 1000. The number of morpholine rings is 1. The van der Waals surface area contributed by atoms with Gasteiger partial charge in [-0.2, -0.15) is 4.31 Å². The molecule has 4 rings (SSSR count). The van der Waals surface area contributed by atoms with Gasteiger partial charge < -0.3 is 14.1 Å². The lowest BCUT2D eigenvalue weighted by Crippen LogP contribution is -2.41. The van der Waals surface area contributed by atoms with Crippen LogP contribution in [0.1, 0.15) is 46.5 Å². The highest BCUT2D eigenvalue weighted by molar-refractivity contribution is 7.89. The van der Waals surface area contributed by atoms with E-state index in [1.807, 2.05) is 19.1 Å². The minimum Gasteiger partial charge on any atom is -0.445 e. The molecule has 0 unspecified atom stereocenters. The molecule has 0 bridgehead atoms. The number of benzene rings is 1. The standard InChI is InChI=1S/C21H27N3O5S/c1-15-3-5-18(6-4-15)30(26,27)24-9-7-17(8-10-24)20-22-19(16(2)29-20)21(25)23-11-13-28-14-12-23/h3-6,17H,7-14H2,1-2H3. The van der Waals surface area contributed by atoms with E-state index in [4.69, 9.17) is 9.15 Å². The van der Waals surface area contributed by atoms with Crippen LogP contribution in [0.25, 0.3) is 0 Å². The summed E-state index contributed by atoms with van der Waals surface area (Å²) < 4.78 is 38.4. The number of hydrogen-bond acceptors (Lipinski definition) is 6. The molecule has 30 heavy (non-hydrogen) atoms. The average molecular weight is 434 g/mol. The van der Waals surface area contributed by atoms with Gasteiger partial charge in [0.05, 0.1) is 18.1 Å². The van der Waals surface area contributed by atoms with Gasteiger partial charge in [0.15, 0.2) is 11.6 Å². The summed E-state index contributed by atoms with van der Waals surface area (Å²) in [5.41, 5.74) is 1.37. The summed E-state index contributed by atoms with van der Waals surface area (Å²) >= 11 is 0. The summed E-state index contributed by atoms with van der Waals surface area (Å²) in [6.45, 7) is 6.64. The number of amides is 1. The van der Waals surface area contributed by atoms with Gasteiger partial charge in [0.1, 0.15) is 5.76 Å². The smallest absolute Gasteiger partial charge is 0.276 e. The first-order valence-corrected chi connectivity index (χ1v) is 11.7. The molecule has 0 radical (unpaired) electrons. The fraction of sp³-hybridized carbons (Fsp3) is 0.524. The van der Waals surface area contributed by atoms with Crippen molar-refractivity contribution in [1.82, 2.24) is 14.2 Å². The van der Waals surface area contributed by atoms with Crippen LogP contribution < -0.4 is 0 Å². The number of sulfonamides is 1. The topological polar surface area (TPSA) is 93.0 Å². The first-order valence-electron chi connectivity index (χ1n) is 10.3. The van der Waals surface area contributed by atoms with Gasteiger partial charge in [-0.05, 0) is 38.8 Å². The van der Waals surface area contributed by atoms with Crippen LogP contribution in [0.2, 0.25) is 0 Å². The molecule has 0 aliphatic carbocycles. The maximum absolute atomic E-state index is 12.9. The molecule has 0 N–H and O–H groups in total. The van der Waals surface area contributed by atoms with Crippen molar-refractivity contribution in [3.05, 3.63) is 47.2 Å². The van der Waals surface area contributed by atoms with Gasteiger partial charge in [0.25, 0.3) is 5.91 Å². The zero-order chi connectivity index (χ0) is 21.3. The van der Waals surface area contributed by atoms with E-state index in [1.165, 1.54) is 4.31 Å². The summed E-state index contributed by atoms with van der Waals surface area (Å²) in [4.78, 5) is 19.3. The number of oxazole rings is 1. The third-order valence-corrected chi connectivity index (χ3v) is 7.69. The van der Waals surface area contributed by atoms with E-state index in [0.717, 1.165) is 5.56 Å². The van der Waals surface area contributed by atoms with Gasteiger partial charge in [-0.3, -0.25) is 4.79 Å². The minimum atomic E-state index is -3.51. The number of rotatable bonds is 4.